The first kappa shape index (κ1) is 17.7. The number of rotatable bonds is 7. The van der Waals surface area contributed by atoms with Crippen molar-refractivity contribution in [3.05, 3.63) is 65.2 Å². The zero-order valence-corrected chi connectivity index (χ0v) is 14.6. The van der Waals surface area contributed by atoms with Crippen molar-refractivity contribution in [2.45, 2.75) is 26.4 Å². The van der Waals surface area contributed by atoms with Gasteiger partial charge in [-0.2, -0.15) is 0 Å². The standard InChI is InChI=1S/C18H23O4P/c1-4-21-23(20,22-5-2)18(15-12-10-14(3)11-13-15)16-8-6-7-9-17(16)19/h6-13,18-19H,4-5H2,1-3H3. The zero-order valence-electron chi connectivity index (χ0n) is 13.7. The first-order valence-electron chi connectivity index (χ1n) is 7.75. The minimum atomic E-state index is -3.48. The summed E-state index contributed by atoms with van der Waals surface area (Å²) in [5.74, 6) is 0.0812. The molecule has 0 aromatic heterocycles. The van der Waals surface area contributed by atoms with Gasteiger partial charge in [0.05, 0.1) is 13.2 Å². The number of para-hydroxylation sites is 1. The van der Waals surface area contributed by atoms with Gasteiger partial charge < -0.3 is 14.2 Å². The second-order valence-corrected chi connectivity index (χ2v) is 7.36. The molecule has 0 fully saturated rings. The molecule has 4 nitrogen and oxygen atoms in total. The van der Waals surface area contributed by atoms with E-state index in [1.54, 1.807) is 38.1 Å². The number of benzene rings is 2. The van der Waals surface area contributed by atoms with Crippen molar-refractivity contribution >= 4 is 7.60 Å². The lowest BCUT2D eigenvalue weighted by Gasteiger charge is -2.27. The summed E-state index contributed by atoms with van der Waals surface area (Å²) in [4.78, 5) is 0. The average Bonchev–Trinajstić information content (AvgIpc) is 2.52. The van der Waals surface area contributed by atoms with Gasteiger partial charge in [0.2, 0.25) is 0 Å². The van der Waals surface area contributed by atoms with Gasteiger partial charge in [0.25, 0.3) is 0 Å². The Bertz CT molecular complexity index is 672. The molecule has 0 amide bonds. The van der Waals surface area contributed by atoms with Gasteiger partial charge in [-0.1, -0.05) is 48.0 Å². The van der Waals surface area contributed by atoms with Gasteiger partial charge in [-0.3, -0.25) is 4.57 Å². The Labute approximate surface area is 137 Å². The van der Waals surface area contributed by atoms with E-state index in [0.717, 1.165) is 11.1 Å². The van der Waals surface area contributed by atoms with Crippen molar-refractivity contribution in [3.63, 3.8) is 0 Å². The number of aryl methyl sites for hydroxylation is 1. The molecule has 0 aliphatic carbocycles. The normalized spacial score (nSPS) is 13.0. The van der Waals surface area contributed by atoms with Crippen molar-refractivity contribution in [2.75, 3.05) is 13.2 Å². The highest BCUT2D eigenvalue weighted by Crippen LogP contribution is 2.64. The largest absolute Gasteiger partial charge is 0.508 e. The van der Waals surface area contributed by atoms with Crippen LogP contribution >= 0.6 is 7.60 Å². The van der Waals surface area contributed by atoms with Crippen molar-refractivity contribution < 1.29 is 18.7 Å². The second kappa shape index (κ2) is 7.78. The van der Waals surface area contributed by atoms with E-state index in [1.807, 2.05) is 31.2 Å². The molecule has 0 radical (unpaired) electrons. The summed E-state index contributed by atoms with van der Waals surface area (Å²) in [5, 5.41) is 10.3. The molecule has 0 bridgehead atoms. The Morgan fingerprint density at radius 1 is 1.00 bits per heavy atom. The summed E-state index contributed by atoms with van der Waals surface area (Å²) in [7, 11) is -3.48. The molecular formula is C18H23O4P. The average molecular weight is 334 g/mol. The molecule has 23 heavy (non-hydrogen) atoms. The number of hydrogen-bond acceptors (Lipinski definition) is 4. The van der Waals surface area contributed by atoms with E-state index in [0.29, 0.717) is 5.56 Å². The smallest absolute Gasteiger partial charge is 0.342 e. The first-order chi connectivity index (χ1) is 11.0. The SMILES string of the molecule is CCOP(=O)(OCC)C(c1ccc(C)cc1)c1ccccc1O. The molecule has 0 spiro atoms. The molecule has 0 aliphatic rings. The summed E-state index contributed by atoms with van der Waals surface area (Å²) in [5.41, 5.74) is 1.78. The highest BCUT2D eigenvalue weighted by atomic mass is 31.2. The molecular weight excluding hydrogens is 311 g/mol. The highest BCUT2D eigenvalue weighted by molar-refractivity contribution is 7.54. The predicted octanol–water partition coefficient (Wildman–Crippen LogP) is 5.06. The van der Waals surface area contributed by atoms with Crippen LogP contribution in [0.2, 0.25) is 0 Å². The van der Waals surface area contributed by atoms with Crippen LogP contribution in [0.15, 0.2) is 48.5 Å². The van der Waals surface area contributed by atoms with Crippen molar-refractivity contribution in [1.29, 1.82) is 0 Å². The summed E-state index contributed by atoms with van der Waals surface area (Å²) in [6.07, 6.45) is 0. The molecule has 0 heterocycles. The van der Waals surface area contributed by atoms with Crippen molar-refractivity contribution in [1.82, 2.24) is 0 Å². The Morgan fingerprint density at radius 2 is 1.57 bits per heavy atom. The third-order valence-electron chi connectivity index (χ3n) is 3.56. The van der Waals surface area contributed by atoms with Crippen LogP contribution in [0.1, 0.15) is 36.2 Å². The second-order valence-electron chi connectivity index (χ2n) is 5.25. The van der Waals surface area contributed by atoms with Crippen LogP contribution in [-0.4, -0.2) is 18.3 Å². The molecule has 124 valence electrons. The molecule has 1 atom stereocenters. The number of phenolic OH excluding ortho intramolecular Hbond substituents is 1. The number of phenols is 1. The van der Waals surface area contributed by atoms with Crippen molar-refractivity contribution in [3.8, 4) is 5.75 Å². The minimum Gasteiger partial charge on any atom is -0.508 e. The maximum atomic E-state index is 13.4. The lowest BCUT2D eigenvalue weighted by Crippen LogP contribution is -2.09. The zero-order chi connectivity index (χ0) is 16.9. The molecule has 2 aromatic rings. The van der Waals surface area contributed by atoms with Crippen LogP contribution in [-0.2, 0) is 13.6 Å². The summed E-state index contributed by atoms with van der Waals surface area (Å²) in [6, 6.07) is 14.6. The number of aromatic hydroxyl groups is 1. The van der Waals surface area contributed by atoms with Gasteiger partial charge in [-0.25, -0.2) is 0 Å². The maximum Gasteiger partial charge on any atom is 0.342 e. The maximum absolute atomic E-state index is 13.4. The minimum absolute atomic E-state index is 0.0812. The summed E-state index contributed by atoms with van der Waals surface area (Å²) < 4.78 is 24.5. The predicted molar refractivity (Wildman–Crippen MR) is 92.0 cm³/mol. The Kier molecular flexibility index (Phi) is 6.00. The van der Waals surface area contributed by atoms with E-state index in [4.69, 9.17) is 9.05 Å². The van der Waals surface area contributed by atoms with E-state index >= 15 is 0 Å². The molecule has 2 rings (SSSR count). The molecule has 0 aliphatic heterocycles. The van der Waals surface area contributed by atoms with Gasteiger partial charge in [0.1, 0.15) is 11.4 Å². The topological polar surface area (TPSA) is 55.8 Å². The Hall–Kier alpha value is -1.61. The lowest BCUT2D eigenvalue weighted by molar-refractivity contribution is 0.214. The monoisotopic (exact) mass is 334 g/mol. The van der Waals surface area contributed by atoms with E-state index in [2.05, 4.69) is 0 Å². The van der Waals surface area contributed by atoms with Crippen LogP contribution < -0.4 is 0 Å². The summed E-state index contributed by atoms with van der Waals surface area (Å²) in [6.45, 7) is 6.09. The number of hydrogen-bond donors (Lipinski definition) is 1. The van der Waals surface area contributed by atoms with E-state index in [1.165, 1.54) is 0 Å². The van der Waals surface area contributed by atoms with Gasteiger partial charge in [0, 0.05) is 5.56 Å². The fourth-order valence-electron chi connectivity index (χ4n) is 2.55. The van der Waals surface area contributed by atoms with Gasteiger partial charge in [-0.05, 0) is 32.4 Å². The van der Waals surface area contributed by atoms with E-state index in [-0.39, 0.29) is 19.0 Å². The molecule has 2 aromatic carbocycles. The third-order valence-corrected chi connectivity index (χ3v) is 6.00. The van der Waals surface area contributed by atoms with E-state index < -0.39 is 13.3 Å². The van der Waals surface area contributed by atoms with Crippen LogP contribution in [0.25, 0.3) is 0 Å². The van der Waals surface area contributed by atoms with Crippen LogP contribution in [0.3, 0.4) is 0 Å². The molecule has 1 N–H and O–H groups in total. The fraction of sp³-hybridized carbons (Fsp3) is 0.333. The van der Waals surface area contributed by atoms with Gasteiger partial charge in [0.15, 0.2) is 0 Å². The van der Waals surface area contributed by atoms with Gasteiger partial charge in [-0.15, -0.1) is 0 Å². The lowest BCUT2D eigenvalue weighted by atomic mass is 10.0. The first-order valence-corrected chi connectivity index (χ1v) is 9.36. The van der Waals surface area contributed by atoms with Gasteiger partial charge >= 0.3 is 7.60 Å². The Balaban J connectivity index is 2.61. The highest BCUT2D eigenvalue weighted by Gasteiger charge is 2.39. The molecule has 1 unspecified atom stereocenters. The molecule has 0 saturated carbocycles. The van der Waals surface area contributed by atoms with Crippen LogP contribution in [0.5, 0.6) is 5.75 Å². The molecule has 0 saturated heterocycles. The quantitative estimate of drug-likeness (QED) is 0.719. The fourth-order valence-corrected chi connectivity index (χ4v) is 4.73. The summed E-state index contributed by atoms with van der Waals surface area (Å²) >= 11 is 0. The van der Waals surface area contributed by atoms with E-state index in [9.17, 15) is 9.67 Å². The van der Waals surface area contributed by atoms with Crippen molar-refractivity contribution in [2.24, 2.45) is 0 Å². The molecule has 5 heteroatoms. The third kappa shape index (κ3) is 4.03. The van der Waals surface area contributed by atoms with Crippen LogP contribution in [0.4, 0.5) is 0 Å². The van der Waals surface area contributed by atoms with Crippen LogP contribution in [0, 0.1) is 6.92 Å². The Morgan fingerprint density at radius 3 is 2.09 bits per heavy atom.